The van der Waals surface area contributed by atoms with Gasteiger partial charge in [0.15, 0.2) is 4.90 Å². The lowest BCUT2D eigenvalue weighted by Crippen LogP contribution is -2.34. The molecular weight excluding hydrogens is 610 g/mol. The van der Waals surface area contributed by atoms with Crippen LogP contribution in [0, 0.1) is 17.0 Å². The quantitative estimate of drug-likeness (QED) is 0.193. The standard InChI is InChI=1S/C26H26BrN3O7S2/c1-17-11-13-18(14-12-17)39(36,37)29-16-20(27)25-19(7-6-9-23(25)29)21(15-26(2,3)31)28-38(34,35)24-10-5-4-8-22(24)30(32)33/h4-14,16,21,28,31H,15H2,1-3H3/t21-/m1/s1. The predicted octanol–water partition coefficient (Wildman–Crippen LogP) is 5.04. The fourth-order valence-corrected chi connectivity index (χ4v) is 7.87. The molecule has 3 aromatic carbocycles. The Labute approximate surface area is 234 Å². The van der Waals surface area contributed by atoms with Crippen LogP contribution in [-0.2, 0) is 20.0 Å². The molecule has 206 valence electrons. The number of sulfonamides is 1. The van der Waals surface area contributed by atoms with E-state index in [0.717, 1.165) is 21.7 Å². The van der Waals surface area contributed by atoms with Crippen molar-refractivity contribution in [3.63, 3.8) is 0 Å². The molecule has 1 heterocycles. The maximum Gasteiger partial charge on any atom is 0.289 e. The number of hydrogen-bond donors (Lipinski definition) is 2. The van der Waals surface area contributed by atoms with Crippen molar-refractivity contribution >= 4 is 52.6 Å². The number of halogens is 1. The monoisotopic (exact) mass is 635 g/mol. The molecule has 4 rings (SSSR count). The summed E-state index contributed by atoms with van der Waals surface area (Å²) in [5, 5.41) is 22.6. The zero-order chi connectivity index (χ0) is 28.8. The average Bonchev–Trinajstić information content (AvgIpc) is 3.20. The molecule has 0 aliphatic carbocycles. The van der Waals surface area contributed by atoms with Gasteiger partial charge in [-0.05, 0) is 73.0 Å². The molecular formula is C26H26BrN3O7S2. The highest BCUT2D eigenvalue weighted by Gasteiger charge is 2.33. The topological polar surface area (TPSA) is 149 Å². The Morgan fingerprint density at radius 2 is 1.67 bits per heavy atom. The molecule has 0 aliphatic heterocycles. The van der Waals surface area contributed by atoms with Gasteiger partial charge in [0, 0.05) is 22.1 Å². The molecule has 0 unspecified atom stereocenters. The van der Waals surface area contributed by atoms with Crippen molar-refractivity contribution in [3.8, 4) is 0 Å². The minimum Gasteiger partial charge on any atom is -0.390 e. The molecule has 1 aromatic heterocycles. The Bertz CT molecular complexity index is 1780. The van der Waals surface area contributed by atoms with Gasteiger partial charge >= 0.3 is 0 Å². The molecule has 0 saturated carbocycles. The van der Waals surface area contributed by atoms with Crippen molar-refractivity contribution < 1.29 is 26.9 Å². The van der Waals surface area contributed by atoms with Crippen LogP contribution in [0.15, 0.2) is 87.2 Å². The van der Waals surface area contributed by atoms with Crippen molar-refractivity contribution in [2.75, 3.05) is 0 Å². The summed E-state index contributed by atoms with van der Waals surface area (Å²) in [6.45, 7) is 4.85. The van der Waals surface area contributed by atoms with Crippen molar-refractivity contribution in [1.82, 2.24) is 8.69 Å². The van der Waals surface area contributed by atoms with Crippen LogP contribution in [0.5, 0.6) is 0 Å². The largest absolute Gasteiger partial charge is 0.390 e. The van der Waals surface area contributed by atoms with Gasteiger partial charge in [-0.1, -0.05) is 42.0 Å². The van der Waals surface area contributed by atoms with Crippen molar-refractivity contribution in [1.29, 1.82) is 0 Å². The van der Waals surface area contributed by atoms with E-state index in [1.807, 2.05) is 6.92 Å². The number of nitrogens with one attached hydrogen (secondary N) is 1. The number of nitro benzene ring substituents is 1. The second-order valence-corrected chi connectivity index (χ2v) is 14.1. The van der Waals surface area contributed by atoms with Gasteiger partial charge in [0.2, 0.25) is 10.0 Å². The Hall–Kier alpha value is -3.10. The lowest BCUT2D eigenvalue weighted by Gasteiger charge is -2.27. The van der Waals surface area contributed by atoms with E-state index in [4.69, 9.17) is 0 Å². The summed E-state index contributed by atoms with van der Waals surface area (Å²) < 4.78 is 57.9. The van der Waals surface area contributed by atoms with Gasteiger partial charge in [-0.25, -0.2) is 25.5 Å². The van der Waals surface area contributed by atoms with Gasteiger partial charge in [-0.15, -0.1) is 0 Å². The number of nitrogens with zero attached hydrogens (tertiary/aromatic N) is 2. The lowest BCUT2D eigenvalue weighted by atomic mass is 9.93. The third-order valence-electron chi connectivity index (χ3n) is 6.09. The molecule has 0 radical (unpaired) electrons. The predicted molar refractivity (Wildman–Crippen MR) is 150 cm³/mol. The molecule has 0 spiro atoms. The summed E-state index contributed by atoms with van der Waals surface area (Å²) in [6, 6.07) is 15.1. The van der Waals surface area contributed by atoms with Crippen LogP contribution < -0.4 is 4.72 Å². The molecule has 0 saturated heterocycles. The number of benzene rings is 3. The molecule has 13 heteroatoms. The Morgan fingerprint density at radius 3 is 2.28 bits per heavy atom. The van der Waals surface area contributed by atoms with Gasteiger partial charge in [-0.2, -0.15) is 0 Å². The van der Waals surface area contributed by atoms with Gasteiger partial charge in [0.05, 0.1) is 27.0 Å². The van der Waals surface area contributed by atoms with Crippen LogP contribution in [0.1, 0.15) is 37.4 Å². The number of hydrogen-bond acceptors (Lipinski definition) is 7. The lowest BCUT2D eigenvalue weighted by molar-refractivity contribution is -0.387. The zero-order valence-corrected chi connectivity index (χ0v) is 24.4. The van der Waals surface area contributed by atoms with E-state index in [1.54, 1.807) is 30.3 Å². The van der Waals surface area contributed by atoms with Crippen LogP contribution in [0.4, 0.5) is 5.69 Å². The molecule has 0 amide bonds. The number of fused-ring (bicyclic) bond motifs is 1. The fourth-order valence-electron chi connectivity index (χ4n) is 4.35. The molecule has 1 atom stereocenters. The van der Waals surface area contributed by atoms with E-state index in [0.29, 0.717) is 15.4 Å². The molecule has 2 N–H and O–H groups in total. The smallest absolute Gasteiger partial charge is 0.289 e. The van der Waals surface area contributed by atoms with E-state index < -0.39 is 47.2 Å². The summed E-state index contributed by atoms with van der Waals surface area (Å²) in [5.74, 6) is 0. The number of aliphatic hydroxyl groups is 1. The SMILES string of the molecule is Cc1ccc(S(=O)(=O)n2cc(Br)c3c([C@@H](CC(C)(C)O)NS(=O)(=O)c4ccccc4[N+](=O)[O-])cccc32)cc1. The Kier molecular flexibility index (Phi) is 7.76. The molecule has 39 heavy (non-hydrogen) atoms. The highest BCUT2D eigenvalue weighted by Crippen LogP contribution is 2.38. The highest BCUT2D eigenvalue weighted by molar-refractivity contribution is 9.10. The van der Waals surface area contributed by atoms with E-state index in [2.05, 4.69) is 20.7 Å². The van der Waals surface area contributed by atoms with Crippen LogP contribution in [0.25, 0.3) is 10.9 Å². The van der Waals surface area contributed by atoms with E-state index in [9.17, 15) is 32.1 Å². The van der Waals surface area contributed by atoms with Crippen molar-refractivity contribution in [2.24, 2.45) is 0 Å². The maximum atomic E-state index is 13.5. The van der Waals surface area contributed by atoms with Crippen LogP contribution in [0.3, 0.4) is 0 Å². The second-order valence-electron chi connectivity index (χ2n) is 9.75. The van der Waals surface area contributed by atoms with Crippen LogP contribution in [0.2, 0.25) is 0 Å². The first-order valence-corrected chi connectivity index (χ1v) is 15.4. The van der Waals surface area contributed by atoms with Gasteiger partial charge in [-0.3, -0.25) is 10.1 Å². The summed E-state index contributed by atoms with van der Waals surface area (Å²) in [6.07, 6.45) is 1.27. The number of para-hydroxylation sites is 1. The van der Waals surface area contributed by atoms with Gasteiger partial charge in [0.25, 0.3) is 15.7 Å². The van der Waals surface area contributed by atoms with Crippen molar-refractivity contribution in [2.45, 2.75) is 48.6 Å². The second kappa shape index (κ2) is 10.5. The van der Waals surface area contributed by atoms with Crippen LogP contribution >= 0.6 is 15.9 Å². The average molecular weight is 637 g/mol. The highest BCUT2D eigenvalue weighted by atomic mass is 79.9. The third-order valence-corrected chi connectivity index (χ3v) is 9.90. The Balaban J connectivity index is 1.88. The van der Waals surface area contributed by atoms with Crippen molar-refractivity contribution in [3.05, 3.63) is 98.6 Å². The van der Waals surface area contributed by atoms with Gasteiger partial charge < -0.3 is 5.11 Å². The first-order chi connectivity index (χ1) is 18.1. The number of aryl methyl sites for hydroxylation is 1. The first kappa shape index (κ1) is 28.9. The number of rotatable bonds is 9. The molecule has 0 fully saturated rings. The minimum absolute atomic E-state index is 0.0769. The molecule has 4 aromatic rings. The number of nitro groups is 1. The molecule has 0 bridgehead atoms. The van der Waals surface area contributed by atoms with E-state index in [1.165, 1.54) is 44.3 Å². The first-order valence-electron chi connectivity index (χ1n) is 11.7. The Morgan fingerprint density at radius 1 is 1.03 bits per heavy atom. The summed E-state index contributed by atoms with van der Waals surface area (Å²) >= 11 is 3.43. The summed E-state index contributed by atoms with van der Waals surface area (Å²) in [4.78, 5) is 10.3. The normalized spacial score (nSPS) is 13.5. The molecule has 10 nitrogen and oxygen atoms in total. The maximum absolute atomic E-state index is 13.5. The zero-order valence-electron chi connectivity index (χ0n) is 21.2. The van der Waals surface area contributed by atoms with E-state index >= 15 is 0 Å². The number of aromatic nitrogens is 1. The van der Waals surface area contributed by atoms with Crippen LogP contribution in [-0.4, -0.2) is 36.4 Å². The summed E-state index contributed by atoms with van der Waals surface area (Å²) in [5.41, 5.74) is -0.398. The minimum atomic E-state index is -4.45. The van der Waals surface area contributed by atoms with E-state index in [-0.39, 0.29) is 16.8 Å². The van der Waals surface area contributed by atoms with Gasteiger partial charge in [0.1, 0.15) is 0 Å². The third kappa shape index (κ3) is 5.92. The summed E-state index contributed by atoms with van der Waals surface area (Å²) in [7, 11) is -8.46. The molecule has 0 aliphatic rings. The fraction of sp³-hybridized carbons (Fsp3) is 0.231.